The summed E-state index contributed by atoms with van der Waals surface area (Å²) in [4.78, 5) is 0. The molecule has 0 unspecified atom stereocenters. The Hall–Kier alpha value is -1.99. The van der Waals surface area contributed by atoms with Crippen molar-refractivity contribution in [3.8, 4) is 11.8 Å². The number of nitrogens with zero attached hydrogens (tertiary/aromatic N) is 1. The third-order valence-electron chi connectivity index (χ3n) is 2.85. The van der Waals surface area contributed by atoms with E-state index in [9.17, 15) is 0 Å². The van der Waals surface area contributed by atoms with Crippen LogP contribution in [0.1, 0.15) is 11.1 Å². The molecule has 0 aromatic heterocycles. The maximum atomic E-state index is 8.89. The number of halogens is 1. The summed E-state index contributed by atoms with van der Waals surface area (Å²) in [5.41, 5.74) is 2.75. The van der Waals surface area contributed by atoms with Gasteiger partial charge in [0, 0.05) is 16.7 Å². The van der Waals surface area contributed by atoms with E-state index in [0.29, 0.717) is 18.7 Å². The molecule has 0 aliphatic carbocycles. The first-order valence-electron chi connectivity index (χ1n) is 6.32. The molecule has 0 aliphatic rings. The first-order chi connectivity index (χ1) is 9.69. The molecule has 0 saturated carbocycles. The summed E-state index contributed by atoms with van der Waals surface area (Å²) in [7, 11) is 0. The van der Waals surface area contributed by atoms with Crippen LogP contribution < -0.4 is 10.1 Å². The van der Waals surface area contributed by atoms with Gasteiger partial charge in [-0.1, -0.05) is 28.1 Å². The normalized spacial score (nSPS) is 9.85. The van der Waals surface area contributed by atoms with Gasteiger partial charge in [-0.3, -0.25) is 0 Å². The lowest BCUT2D eigenvalue weighted by Crippen LogP contribution is -2.12. The number of anilines is 1. The Morgan fingerprint density at radius 3 is 2.85 bits per heavy atom. The molecule has 0 saturated heterocycles. The van der Waals surface area contributed by atoms with Gasteiger partial charge < -0.3 is 10.1 Å². The zero-order chi connectivity index (χ0) is 14.4. The molecule has 20 heavy (non-hydrogen) atoms. The number of ether oxygens (including phenoxy) is 1. The minimum absolute atomic E-state index is 0.562. The predicted octanol–water partition coefficient (Wildman–Crippen LogP) is 4.12. The van der Waals surface area contributed by atoms with E-state index in [-0.39, 0.29) is 0 Å². The van der Waals surface area contributed by atoms with Gasteiger partial charge in [0.2, 0.25) is 0 Å². The lowest BCUT2D eigenvalue weighted by Gasteiger charge is -2.11. The van der Waals surface area contributed by atoms with Crippen molar-refractivity contribution in [2.24, 2.45) is 0 Å². The quantitative estimate of drug-likeness (QED) is 0.838. The number of rotatable bonds is 5. The molecule has 0 heterocycles. The van der Waals surface area contributed by atoms with Crippen LogP contribution in [0.5, 0.6) is 5.75 Å². The Bertz CT molecular complexity index is 635. The van der Waals surface area contributed by atoms with Crippen molar-refractivity contribution in [2.75, 3.05) is 18.5 Å². The Kier molecular flexibility index (Phi) is 5.03. The van der Waals surface area contributed by atoms with Crippen molar-refractivity contribution in [2.45, 2.75) is 6.92 Å². The van der Waals surface area contributed by atoms with Gasteiger partial charge in [-0.25, -0.2) is 0 Å². The van der Waals surface area contributed by atoms with Crippen molar-refractivity contribution < 1.29 is 4.74 Å². The fourth-order valence-electron chi connectivity index (χ4n) is 1.79. The maximum Gasteiger partial charge on any atom is 0.120 e. The summed E-state index contributed by atoms with van der Waals surface area (Å²) in [5.74, 6) is 0.837. The molecule has 0 atom stereocenters. The zero-order valence-corrected chi connectivity index (χ0v) is 12.8. The monoisotopic (exact) mass is 330 g/mol. The van der Waals surface area contributed by atoms with Crippen LogP contribution in [0.4, 0.5) is 5.69 Å². The molecule has 2 aromatic rings. The van der Waals surface area contributed by atoms with Crippen LogP contribution in [0.25, 0.3) is 0 Å². The number of hydrogen-bond acceptors (Lipinski definition) is 3. The van der Waals surface area contributed by atoms with Gasteiger partial charge in [-0.15, -0.1) is 0 Å². The molecule has 2 rings (SSSR count). The smallest absolute Gasteiger partial charge is 0.120 e. The van der Waals surface area contributed by atoms with E-state index in [1.54, 1.807) is 0 Å². The Morgan fingerprint density at radius 2 is 2.10 bits per heavy atom. The highest BCUT2D eigenvalue weighted by atomic mass is 79.9. The van der Waals surface area contributed by atoms with Crippen LogP contribution in [0.15, 0.2) is 46.9 Å². The summed E-state index contributed by atoms with van der Waals surface area (Å²) in [6.45, 7) is 3.26. The first kappa shape index (κ1) is 14.4. The van der Waals surface area contributed by atoms with Gasteiger partial charge in [-0.05, 0) is 42.8 Å². The number of aryl methyl sites for hydroxylation is 1. The van der Waals surface area contributed by atoms with E-state index in [0.717, 1.165) is 21.5 Å². The van der Waals surface area contributed by atoms with Crippen LogP contribution >= 0.6 is 15.9 Å². The third kappa shape index (κ3) is 4.01. The lowest BCUT2D eigenvalue weighted by atomic mass is 10.1. The maximum absolute atomic E-state index is 8.89. The van der Waals surface area contributed by atoms with Gasteiger partial charge in [-0.2, -0.15) is 5.26 Å². The molecule has 0 fully saturated rings. The number of benzene rings is 2. The minimum Gasteiger partial charge on any atom is -0.492 e. The van der Waals surface area contributed by atoms with Crippen LogP contribution in [0.3, 0.4) is 0 Å². The predicted molar refractivity (Wildman–Crippen MR) is 84.0 cm³/mol. The first-order valence-corrected chi connectivity index (χ1v) is 7.11. The van der Waals surface area contributed by atoms with E-state index in [1.807, 2.05) is 49.4 Å². The van der Waals surface area contributed by atoms with Crippen molar-refractivity contribution in [3.63, 3.8) is 0 Å². The Morgan fingerprint density at radius 1 is 1.25 bits per heavy atom. The molecule has 3 nitrogen and oxygen atoms in total. The minimum atomic E-state index is 0.562. The van der Waals surface area contributed by atoms with Crippen molar-refractivity contribution in [1.29, 1.82) is 5.26 Å². The van der Waals surface area contributed by atoms with Gasteiger partial charge in [0.15, 0.2) is 0 Å². The molecule has 2 aromatic carbocycles. The molecule has 0 amide bonds. The van der Waals surface area contributed by atoms with E-state index in [1.165, 1.54) is 0 Å². The van der Waals surface area contributed by atoms with Crippen LogP contribution in [-0.2, 0) is 0 Å². The second-order valence-electron chi connectivity index (χ2n) is 4.37. The van der Waals surface area contributed by atoms with Crippen LogP contribution in [-0.4, -0.2) is 13.2 Å². The topological polar surface area (TPSA) is 45.0 Å². The van der Waals surface area contributed by atoms with E-state index in [4.69, 9.17) is 10.00 Å². The second-order valence-corrected chi connectivity index (χ2v) is 5.29. The van der Waals surface area contributed by atoms with Crippen LogP contribution in [0, 0.1) is 18.3 Å². The molecular formula is C16H15BrN2O. The number of nitrogens with one attached hydrogen (secondary N) is 1. The SMILES string of the molecule is Cc1ccc(C#N)cc1NCCOc1cccc(Br)c1. The lowest BCUT2D eigenvalue weighted by molar-refractivity contribution is 0.332. The summed E-state index contributed by atoms with van der Waals surface area (Å²) in [6, 6.07) is 15.5. The van der Waals surface area contributed by atoms with E-state index in [2.05, 4.69) is 27.3 Å². The molecule has 0 aliphatic heterocycles. The summed E-state index contributed by atoms with van der Waals surface area (Å²) >= 11 is 3.41. The van der Waals surface area contributed by atoms with E-state index >= 15 is 0 Å². The summed E-state index contributed by atoms with van der Waals surface area (Å²) in [6.07, 6.45) is 0. The number of hydrogen-bond donors (Lipinski definition) is 1. The second kappa shape index (κ2) is 6.97. The molecular weight excluding hydrogens is 316 g/mol. The molecule has 0 radical (unpaired) electrons. The summed E-state index contributed by atoms with van der Waals surface area (Å²) < 4.78 is 6.65. The van der Waals surface area contributed by atoms with Crippen LogP contribution in [0.2, 0.25) is 0 Å². The highest BCUT2D eigenvalue weighted by molar-refractivity contribution is 9.10. The average molecular weight is 331 g/mol. The number of nitriles is 1. The average Bonchev–Trinajstić information content (AvgIpc) is 2.45. The molecule has 102 valence electrons. The van der Waals surface area contributed by atoms with Crippen molar-refractivity contribution >= 4 is 21.6 Å². The van der Waals surface area contributed by atoms with E-state index < -0.39 is 0 Å². The third-order valence-corrected chi connectivity index (χ3v) is 3.34. The fraction of sp³-hybridized carbons (Fsp3) is 0.188. The fourth-order valence-corrected chi connectivity index (χ4v) is 2.17. The zero-order valence-electron chi connectivity index (χ0n) is 11.2. The van der Waals surface area contributed by atoms with Crippen molar-refractivity contribution in [3.05, 3.63) is 58.1 Å². The highest BCUT2D eigenvalue weighted by Crippen LogP contribution is 2.18. The van der Waals surface area contributed by atoms with Gasteiger partial charge in [0.25, 0.3) is 0 Å². The summed E-state index contributed by atoms with van der Waals surface area (Å²) in [5, 5.41) is 12.2. The molecule has 4 heteroatoms. The molecule has 0 spiro atoms. The van der Waals surface area contributed by atoms with Gasteiger partial charge in [0.05, 0.1) is 11.6 Å². The van der Waals surface area contributed by atoms with Gasteiger partial charge in [0.1, 0.15) is 12.4 Å². The largest absolute Gasteiger partial charge is 0.492 e. The molecule has 1 N–H and O–H groups in total. The molecule has 0 bridgehead atoms. The standard InChI is InChI=1S/C16H15BrN2O/c1-12-5-6-13(11-18)9-16(12)19-7-8-20-15-4-2-3-14(17)10-15/h2-6,9-10,19H,7-8H2,1H3. The van der Waals surface area contributed by atoms with Gasteiger partial charge >= 0.3 is 0 Å². The van der Waals surface area contributed by atoms with Crippen molar-refractivity contribution in [1.82, 2.24) is 0 Å². The Labute approximate surface area is 127 Å². The highest BCUT2D eigenvalue weighted by Gasteiger charge is 2.00. The Balaban J connectivity index is 1.86.